The standard InChI is InChI=1S/C20H23FN2O5/c1-13(28-16-9-5-4-8-15(16)21)20(25)23-22-18(24)12-11-14-7-6-10-17(26-2)19(14)27-3/h4-10,13H,11-12H2,1-3H3,(H,22,24)(H,23,25). The van der Waals surface area contributed by atoms with Crippen LogP contribution in [-0.4, -0.2) is 32.1 Å². The van der Waals surface area contributed by atoms with Gasteiger partial charge in [-0.05, 0) is 37.1 Å². The van der Waals surface area contributed by atoms with Crippen molar-refractivity contribution in [1.29, 1.82) is 0 Å². The van der Waals surface area contributed by atoms with Crippen LogP contribution < -0.4 is 25.1 Å². The molecule has 150 valence electrons. The Morgan fingerprint density at radius 2 is 1.71 bits per heavy atom. The zero-order valence-electron chi connectivity index (χ0n) is 16.0. The molecule has 0 aliphatic carbocycles. The van der Waals surface area contributed by atoms with E-state index in [-0.39, 0.29) is 12.2 Å². The van der Waals surface area contributed by atoms with Gasteiger partial charge in [0.25, 0.3) is 5.91 Å². The van der Waals surface area contributed by atoms with Gasteiger partial charge in [0.05, 0.1) is 14.2 Å². The Labute approximate surface area is 162 Å². The van der Waals surface area contributed by atoms with Crippen molar-refractivity contribution < 1.29 is 28.2 Å². The van der Waals surface area contributed by atoms with E-state index < -0.39 is 23.7 Å². The van der Waals surface area contributed by atoms with Gasteiger partial charge in [0.15, 0.2) is 29.2 Å². The molecule has 0 spiro atoms. The van der Waals surface area contributed by atoms with Gasteiger partial charge < -0.3 is 14.2 Å². The zero-order chi connectivity index (χ0) is 20.5. The first kappa shape index (κ1) is 21.0. The van der Waals surface area contributed by atoms with Gasteiger partial charge in [-0.25, -0.2) is 4.39 Å². The smallest absolute Gasteiger partial charge is 0.279 e. The molecular formula is C20H23FN2O5. The zero-order valence-corrected chi connectivity index (χ0v) is 16.0. The highest BCUT2D eigenvalue weighted by Gasteiger charge is 2.17. The Bertz CT molecular complexity index is 828. The van der Waals surface area contributed by atoms with Crippen LogP contribution in [0, 0.1) is 5.82 Å². The molecule has 8 heteroatoms. The molecule has 7 nitrogen and oxygen atoms in total. The van der Waals surface area contributed by atoms with Crippen LogP contribution >= 0.6 is 0 Å². The minimum absolute atomic E-state index is 0.0402. The number of amides is 2. The Morgan fingerprint density at radius 1 is 1.00 bits per heavy atom. The predicted octanol–water partition coefficient (Wildman–Crippen LogP) is 2.39. The Kier molecular flexibility index (Phi) is 7.62. The molecule has 2 amide bonds. The lowest BCUT2D eigenvalue weighted by atomic mass is 10.1. The van der Waals surface area contributed by atoms with Crippen molar-refractivity contribution in [3.8, 4) is 17.2 Å². The second-order valence-electron chi connectivity index (χ2n) is 5.88. The topological polar surface area (TPSA) is 85.9 Å². The fourth-order valence-corrected chi connectivity index (χ4v) is 2.48. The van der Waals surface area contributed by atoms with Gasteiger partial charge in [-0.1, -0.05) is 24.3 Å². The molecule has 1 unspecified atom stereocenters. The number of carbonyl (C=O) groups excluding carboxylic acids is 2. The Morgan fingerprint density at radius 3 is 2.39 bits per heavy atom. The van der Waals surface area contributed by atoms with Crippen LogP contribution in [0.2, 0.25) is 0 Å². The van der Waals surface area contributed by atoms with Crippen LogP contribution in [0.15, 0.2) is 42.5 Å². The van der Waals surface area contributed by atoms with Crippen LogP contribution in [-0.2, 0) is 16.0 Å². The lowest BCUT2D eigenvalue weighted by Gasteiger charge is -2.16. The van der Waals surface area contributed by atoms with Gasteiger partial charge in [-0.3, -0.25) is 20.4 Å². The first-order valence-electron chi connectivity index (χ1n) is 8.66. The van der Waals surface area contributed by atoms with Crippen molar-refractivity contribution in [3.63, 3.8) is 0 Å². The van der Waals surface area contributed by atoms with Gasteiger partial charge in [0, 0.05) is 6.42 Å². The highest BCUT2D eigenvalue weighted by molar-refractivity contribution is 5.84. The number of hydrogen-bond acceptors (Lipinski definition) is 5. The number of carbonyl (C=O) groups is 2. The van der Waals surface area contributed by atoms with Gasteiger partial charge in [-0.2, -0.15) is 0 Å². The Balaban J connectivity index is 1.82. The molecular weight excluding hydrogens is 367 g/mol. The summed E-state index contributed by atoms with van der Waals surface area (Å²) in [6, 6.07) is 11.2. The van der Waals surface area contributed by atoms with Crippen molar-refractivity contribution in [3.05, 3.63) is 53.8 Å². The number of para-hydroxylation sites is 2. The summed E-state index contributed by atoms with van der Waals surface area (Å²) >= 11 is 0. The molecule has 28 heavy (non-hydrogen) atoms. The molecule has 2 aromatic carbocycles. The van der Waals surface area contributed by atoms with E-state index in [1.165, 1.54) is 39.3 Å². The minimum Gasteiger partial charge on any atom is -0.493 e. The number of nitrogens with one attached hydrogen (secondary N) is 2. The van der Waals surface area contributed by atoms with Crippen LogP contribution in [0.3, 0.4) is 0 Å². The summed E-state index contributed by atoms with van der Waals surface area (Å²) in [7, 11) is 3.06. The van der Waals surface area contributed by atoms with Gasteiger partial charge in [-0.15, -0.1) is 0 Å². The number of rotatable bonds is 8. The van der Waals surface area contributed by atoms with E-state index in [2.05, 4.69) is 10.9 Å². The van der Waals surface area contributed by atoms with Crippen molar-refractivity contribution in [2.75, 3.05) is 14.2 Å². The third-order valence-electron chi connectivity index (χ3n) is 3.94. The monoisotopic (exact) mass is 390 g/mol. The molecule has 2 N–H and O–H groups in total. The predicted molar refractivity (Wildman–Crippen MR) is 101 cm³/mol. The molecule has 2 rings (SSSR count). The summed E-state index contributed by atoms with van der Waals surface area (Å²) in [6.07, 6.45) is -0.480. The number of halogens is 1. The van der Waals surface area contributed by atoms with E-state index >= 15 is 0 Å². The Hall–Kier alpha value is -3.29. The van der Waals surface area contributed by atoms with Crippen LogP contribution in [0.25, 0.3) is 0 Å². The molecule has 2 aromatic rings. The number of aryl methyl sites for hydroxylation is 1. The molecule has 0 aliphatic rings. The summed E-state index contributed by atoms with van der Waals surface area (Å²) in [5.74, 6) is -0.464. The maximum Gasteiger partial charge on any atom is 0.279 e. The van der Waals surface area contributed by atoms with E-state index in [0.29, 0.717) is 17.9 Å². The van der Waals surface area contributed by atoms with Gasteiger partial charge in [0.2, 0.25) is 5.91 Å². The second-order valence-corrected chi connectivity index (χ2v) is 5.88. The van der Waals surface area contributed by atoms with E-state index in [1.807, 2.05) is 6.07 Å². The number of methoxy groups -OCH3 is 2. The second kappa shape index (κ2) is 10.1. The maximum absolute atomic E-state index is 13.6. The molecule has 0 bridgehead atoms. The third-order valence-corrected chi connectivity index (χ3v) is 3.94. The summed E-state index contributed by atoms with van der Waals surface area (Å²) in [4.78, 5) is 24.0. The first-order valence-corrected chi connectivity index (χ1v) is 8.66. The van der Waals surface area contributed by atoms with Crippen LogP contribution in [0.5, 0.6) is 17.2 Å². The molecule has 0 fully saturated rings. The minimum atomic E-state index is -0.990. The first-order chi connectivity index (χ1) is 13.5. The summed E-state index contributed by atoms with van der Waals surface area (Å²) < 4.78 is 29.4. The average molecular weight is 390 g/mol. The molecule has 0 saturated carbocycles. The summed E-state index contributed by atoms with van der Waals surface area (Å²) in [5, 5.41) is 0. The fourth-order valence-electron chi connectivity index (χ4n) is 2.48. The van der Waals surface area contributed by atoms with Crippen molar-refractivity contribution in [2.24, 2.45) is 0 Å². The van der Waals surface area contributed by atoms with E-state index in [4.69, 9.17) is 14.2 Å². The molecule has 1 atom stereocenters. The van der Waals surface area contributed by atoms with E-state index in [1.54, 1.807) is 18.2 Å². The summed E-state index contributed by atoms with van der Waals surface area (Å²) in [5.41, 5.74) is 5.39. The van der Waals surface area contributed by atoms with Crippen LogP contribution in [0.4, 0.5) is 4.39 Å². The van der Waals surface area contributed by atoms with Crippen molar-refractivity contribution >= 4 is 11.8 Å². The average Bonchev–Trinajstić information content (AvgIpc) is 2.71. The summed E-state index contributed by atoms with van der Waals surface area (Å²) in [6.45, 7) is 1.45. The van der Waals surface area contributed by atoms with Crippen molar-refractivity contribution in [2.45, 2.75) is 25.9 Å². The number of benzene rings is 2. The molecule has 0 saturated heterocycles. The molecule has 0 radical (unpaired) electrons. The molecule has 0 heterocycles. The quantitative estimate of drug-likeness (QED) is 0.676. The van der Waals surface area contributed by atoms with Gasteiger partial charge in [0.1, 0.15) is 0 Å². The number of hydrazine groups is 1. The largest absolute Gasteiger partial charge is 0.493 e. The van der Waals surface area contributed by atoms with E-state index in [9.17, 15) is 14.0 Å². The van der Waals surface area contributed by atoms with Gasteiger partial charge >= 0.3 is 0 Å². The maximum atomic E-state index is 13.6. The van der Waals surface area contributed by atoms with Crippen LogP contribution in [0.1, 0.15) is 18.9 Å². The molecule has 0 aliphatic heterocycles. The number of hydrogen-bond donors (Lipinski definition) is 2. The lowest BCUT2D eigenvalue weighted by Crippen LogP contribution is -2.47. The lowest BCUT2D eigenvalue weighted by molar-refractivity contribution is -0.132. The fraction of sp³-hybridized carbons (Fsp3) is 0.300. The normalized spacial score (nSPS) is 11.3. The number of ether oxygens (including phenoxy) is 3. The highest BCUT2D eigenvalue weighted by atomic mass is 19.1. The highest BCUT2D eigenvalue weighted by Crippen LogP contribution is 2.31. The van der Waals surface area contributed by atoms with E-state index in [0.717, 1.165) is 5.56 Å². The third kappa shape index (κ3) is 5.60. The molecule has 0 aromatic heterocycles. The SMILES string of the molecule is COc1cccc(CCC(=O)NNC(=O)C(C)Oc2ccccc2F)c1OC. The van der Waals surface area contributed by atoms with Crippen molar-refractivity contribution in [1.82, 2.24) is 10.9 Å².